The second kappa shape index (κ2) is 5.39. The van der Waals surface area contributed by atoms with E-state index in [-0.39, 0.29) is 11.2 Å². The molecule has 0 spiro atoms. The Morgan fingerprint density at radius 1 is 1.42 bits per heavy atom. The molecule has 1 aliphatic heterocycles. The van der Waals surface area contributed by atoms with Gasteiger partial charge in [0.15, 0.2) is 0 Å². The van der Waals surface area contributed by atoms with Crippen molar-refractivity contribution in [2.75, 3.05) is 10.6 Å². The van der Waals surface area contributed by atoms with Gasteiger partial charge in [0.05, 0.1) is 11.1 Å². The SMILES string of the molecule is C=C1OB(c2ccc(NC(=O)CBr)cc2)OC1(C)C. The zero-order valence-corrected chi connectivity index (χ0v) is 12.5. The van der Waals surface area contributed by atoms with Gasteiger partial charge in [0.25, 0.3) is 0 Å². The largest absolute Gasteiger partial charge is 0.563 e. The van der Waals surface area contributed by atoms with Crippen LogP contribution >= 0.6 is 15.9 Å². The molecule has 0 bridgehead atoms. The molecule has 0 unspecified atom stereocenters. The first-order valence-corrected chi connectivity index (χ1v) is 7.04. The molecule has 100 valence electrons. The summed E-state index contributed by atoms with van der Waals surface area (Å²) < 4.78 is 11.4. The second-order valence-corrected chi connectivity index (χ2v) is 5.37. The van der Waals surface area contributed by atoms with Gasteiger partial charge in [-0.05, 0) is 31.4 Å². The number of amides is 1. The molecular weight excluding hydrogens is 309 g/mol. The van der Waals surface area contributed by atoms with E-state index in [9.17, 15) is 4.79 Å². The molecule has 1 aliphatic rings. The third kappa shape index (κ3) is 3.19. The van der Waals surface area contributed by atoms with Crippen LogP contribution in [-0.2, 0) is 14.1 Å². The van der Waals surface area contributed by atoms with Gasteiger partial charge < -0.3 is 14.6 Å². The zero-order valence-electron chi connectivity index (χ0n) is 10.9. The fourth-order valence-corrected chi connectivity index (χ4v) is 1.82. The number of alkyl halides is 1. The fraction of sp³-hybridized carbons (Fsp3) is 0.308. The van der Waals surface area contributed by atoms with Crippen LogP contribution in [-0.4, -0.2) is 24.0 Å². The highest BCUT2D eigenvalue weighted by Gasteiger charge is 2.42. The average Bonchev–Trinajstić information content (AvgIpc) is 2.64. The van der Waals surface area contributed by atoms with Gasteiger partial charge in [-0.15, -0.1) is 0 Å². The molecule has 0 aromatic heterocycles. The molecular formula is C13H15BBrNO3. The predicted octanol–water partition coefficient (Wildman–Crippen LogP) is 2.05. The van der Waals surface area contributed by atoms with Crippen LogP contribution in [0, 0.1) is 0 Å². The average molecular weight is 324 g/mol. The minimum absolute atomic E-state index is 0.0874. The highest BCUT2D eigenvalue weighted by Crippen LogP contribution is 2.29. The summed E-state index contributed by atoms with van der Waals surface area (Å²) in [6.45, 7) is 7.67. The number of rotatable bonds is 3. The number of anilines is 1. The van der Waals surface area contributed by atoms with Crippen molar-refractivity contribution in [1.29, 1.82) is 0 Å². The van der Waals surface area contributed by atoms with Crippen molar-refractivity contribution in [2.24, 2.45) is 0 Å². The van der Waals surface area contributed by atoms with Crippen LogP contribution in [0.15, 0.2) is 36.6 Å². The normalized spacial score (nSPS) is 17.2. The standard InChI is InChI=1S/C13H15BBrNO3/c1-9-13(2,3)19-14(18-9)10-4-6-11(7-5-10)16-12(17)8-15/h4-7H,1,8H2,2-3H3,(H,16,17). The first kappa shape index (κ1) is 14.2. The van der Waals surface area contributed by atoms with Crippen LogP contribution in [0.4, 0.5) is 5.69 Å². The molecule has 0 atom stereocenters. The van der Waals surface area contributed by atoms with Crippen molar-refractivity contribution >= 4 is 40.1 Å². The summed E-state index contributed by atoms with van der Waals surface area (Å²) in [6.07, 6.45) is 0. The summed E-state index contributed by atoms with van der Waals surface area (Å²) in [7, 11) is -0.441. The molecule has 2 rings (SSSR count). The lowest BCUT2D eigenvalue weighted by molar-refractivity contribution is -0.113. The maximum atomic E-state index is 11.2. The molecule has 1 fully saturated rings. The Labute approximate surface area is 121 Å². The van der Waals surface area contributed by atoms with E-state index in [0.29, 0.717) is 5.76 Å². The Bertz CT molecular complexity index is 501. The van der Waals surface area contributed by atoms with Crippen molar-refractivity contribution in [3.8, 4) is 0 Å². The van der Waals surface area contributed by atoms with Gasteiger partial charge in [0, 0.05) is 5.69 Å². The van der Waals surface area contributed by atoms with Gasteiger partial charge in [0.2, 0.25) is 5.91 Å². The molecule has 4 nitrogen and oxygen atoms in total. The summed E-state index contributed by atoms with van der Waals surface area (Å²) in [6, 6.07) is 7.36. The van der Waals surface area contributed by atoms with Gasteiger partial charge >= 0.3 is 7.12 Å². The Morgan fingerprint density at radius 3 is 2.53 bits per heavy atom. The Balaban J connectivity index is 2.07. The number of carbonyl (C=O) groups excluding carboxylic acids is 1. The summed E-state index contributed by atoms with van der Waals surface area (Å²) in [4.78, 5) is 11.2. The van der Waals surface area contributed by atoms with Crippen LogP contribution in [0.25, 0.3) is 0 Å². The Hall–Kier alpha value is -1.27. The number of halogens is 1. The van der Waals surface area contributed by atoms with E-state index < -0.39 is 12.7 Å². The maximum Gasteiger partial charge on any atom is 0.563 e. The smallest absolute Gasteiger partial charge is 0.534 e. The highest BCUT2D eigenvalue weighted by molar-refractivity contribution is 9.09. The maximum absolute atomic E-state index is 11.2. The molecule has 1 heterocycles. The number of hydrogen-bond donors (Lipinski definition) is 1. The summed E-state index contributed by atoms with van der Waals surface area (Å²) in [5, 5.41) is 3.02. The predicted molar refractivity (Wildman–Crippen MR) is 79.6 cm³/mol. The highest BCUT2D eigenvalue weighted by atomic mass is 79.9. The van der Waals surface area contributed by atoms with Crippen LogP contribution < -0.4 is 10.8 Å². The first-order valence-electron chi connectivity index (χ1n) is 5.92. The lowest BCUT2D eigenvalue weighted by atomic mass is 9.79. The van der Waals surface area contributed by atoms with E-state index >= 15 is 0 Å². The van der Waals surface area contributed by atoms with Gasteiger partial charge in [0.1, 0.15) is 5.60 Å². The fourth-order valence-electron chi connectivity index (χ4n) is 1.68. The Kier molecular flexibility index (Phi) is 4.01. The third-order valence-corrected chi connectivity index (χ3v) is 3.42. The molecule has 1 aromatic carbocycles. The van der Waals surface area contributed by atoms with Gasteiger partial charge in [-0.1, -0.05) is 34.6 Å². The molecule has 1 N–H and O–H groups in total. The lowest BCUT2D eigenvalue weighted by Gasteiger charge is -2.15. The summed E-state index contributed by atoms with van der Waals surface area (Å²) in [5.74, 6) is 0.532. The number of carbonyl (C=O) groups is 1. The van der Waals surface area contributed by atoms with E-state index in [4.69, 9.17) is 9.31 Å². The zero-order chi connectivity index (χ0) is 14.0. The quantitative estimate of drug-likeness (QED) is 0.684. The van der Waals surface area contributed by atoms with Crippen LogP contribution in [0.2, 0.25) is 0 Å². The van der Waals surface area contributed by atoms with Crippen molar-refractivity contribution in [3.05, 3.63) is 36.6 Å². The third-order valence-electron chi connectivity index (χ3n) is 2.91. The van der Waals surface area contributed by atoms with Crippen molar-refractivity contribution < 1.29 is 14.1 Å². The van der Waals surface area contributed by atoms with Crippen molar-refractivity contribution in [3.63, 3.8) is 0 Å². The Morgan fingerprint density at radius 2 is 2.05 bits per heavy atom. The molecule has 1 aromatic rings. The van der Waals surface area contributed by atoms with E-state index in [2.05, 4.69) is 27.8 Å². The summed E-state index contributed by atoms with van der Waals surface area (Å²) >= 11 is 3.10. The minimum Gasteiger partial charge on any atom is -0.534 e. The van der Waals surface area contributed by atoms with Crippen molar-refractivity contribution in [1.82, 2.24) is 0 Å². The van der Waals surface area contributed by atoms with Crippen molar-refractivity contribution in [2.45, 2.75) is 19.4 Å². The van der Waals surface area contributed by atoms with E-state index in [1.165, 1.54) is 0 Å². The van der Waals surface area contributed by atoms with E-state index in [0.717, 1.165) is 11.2 Å². The lowest BCUT2D eigenvalue weighted by Crippen LogP contribution is -2.34. The van der Waals surface area contributed by atoms with E-state index in [1.54, 1.807) is 0 Å². The summed E-state index contributed by atoms with van der Waals surface area (Å²) in [5.41, 5.74) is 1.15. The molecule has 0 aliphatic carbocycles. The molecule has 19 heavy (non-hydrogen) atoms. The van der Waals surface area contributed by atoms with Gasteiger partial charge in [-0.3, -0.25) is 4.79 Å². The molecule has 0 radical (unpaired) electrons. The van der Waals surface area contributed by atoms with Gasteiger partial charge in [-0.2, -0.15) is 0 Å². The number of nitrogens with one attached hydrogen (secondary N) is 1. The van der Waals surface area contributed by atoms with Crippen LogP contribution in [0.1, 0.15) is 13.8 Å². The minimum atomic E-state index is -0.479. The molecule has 6 heteroatoms. The van der Waals surface area contributed by atoms with E-state index in [1.807, 2.05) is 38.1 Å². The first-order chi connectivity index (χ1) is 8.92. The van der Waals surface area contributed by atoms with Gasteiger partial charge in [-0.25, -0.2) is 0 Å². The molecule has 0 saturated carbocycles. The van der Waals surface area contributed by atoms with Crippen LogP contribution in [0.3, 0.4) is 0 Å². The molecule has 1 amide bonds. The second-order valence-electron chi connectivity index (χ2n) is 4.80. The molecule has 1 saturated heterocycles. The number of hydrogen-bond acceptors (Lipinski definition) is 3. The number of benzene rings is 1. The topological polar surface area (TPSA) is 47.6 Å². The van der Waals surface area contributed by atoms with Crippen LogP contribution in [0.5, 0.6) is 0 Å². The monoisotopic (exact) mass is 323 g/mol.